The molecular weight excluding hydrogens is 167 g/mol. The zero-order chi connectivity index (χ0) is 9.10. The van der Waals surface area contributed by atoms with Crippen LogP contribution < -0.4 is 5.32 Å². The summed E-state index contributed by atoms with van der Waals surface area (Å²) in [5.41, 5.74) is 0.543. The highest BCUT2D eigenvalue weighted by Crippen LogP contribution is 2.24. The van der Waals surface area contributed by atoms with Gasteiger partial charge in [0.1, 0.15) is 0 Å². The number of halogens is 1. The molecule has 0 bridgehead atoms. The normalized spacial score (nSPS) is 24.5. The van der Waals surface area contributed by atoms with Crippen LogP contribution in [0.1, 0.15) is 24.7 Å². The third-order valence-corrected chi connectivity index (χ3v) is 2.42. The molecule has 1 saturated heterocycles. The second kappa shape index (κ2) is 3.83. The molecule has 0 saturated carbocycles. The molecule has 0 aliphatic carbocycles. The number of aromatic nitrogens is 1. The van der Waals surface area contributed by atoms with Crippen LogP contribution in [-0.4, -0.2) is 17.6 Å². The Hall–Kier alpha value is -0.960. The smallest absolute Gasteiger partial charge is 0.157 e. The predicted molar refractivity (Wildman–Crippen MR) is 49.1 cm³/mol. The van der Waals surface area contributed by atoms with Gasteiger partial charge in [0.15, 0.2) is 6.17 Å². The standard InChI is InChI=1S/C10H13FN2/c11-10(9-5-3-7-13-9)8-4-1-2-6-12-8/h1-2,4,6,9-10,13H,3,5,7H2/t9-,10?/m0/s1. The second-order valence-electron chi connectivity index (χ2n) is 3.36. The Bertz CT molecular complexity index is 257. The van der Waals surface area contributed by atoms with E-state index in [2.05, 4.69) is 10.3 Å². The van der Waals surface area contributed by atoms with Crippen molar-refractivity contribution in [2.75, 3.05) is 6.54 Å². The number of hydrogen-bond donors (Lipinski definition) is 1. The average Bonchev–Trinajstić information content (AvgIpc) is 2.71. The minimum atomic E-state index is -0.955. The second-order valence-corrected chi connectivity index (χ2v) is 3.36. The summed E-state index contributed by atoms with van der Waals surface area (Å²) >= 11 is 0. The molecule has 13 heavy (non-hydrogen) atoms. The lowest BCUT2D eigenvalue weighted by atomic mass is 10.1. The number of nitrogens with zero attached hydrogens (tertiary/aromatic N) is 1. The van der Waals surface area contributed by atoms with Gasteiger partial charge < -0.3 is 5.32 Å². The zero-order valence-corrected chi connectivity index (χ0v) is 7.41. The lowest BCUT2D eigenvalue weighted by Crippen LogP contribution is -2.26. The molecule has 2 rings (SSSR count). The van der Waals surface area contributed by atoms with Crippen molar-refractivity contribution < 1.29 is 4.39 Å². The van der Waals surface area contributed by atoms with Gasteiger partial charge in [-0.15, -0.1) is 0 Å². The van der Waals surface area contributed by atoms with E-state index in [9.17, 15) is 4.39 Å². The summed E-state index contributed by atoms with van der Waals surface area (Å²) in [7, 11) is 0. The van der Waals surface area contributed by atoms with Crippen LogP contribution in [0.4, 0.5) is 4.39 Å². The topological polar surface area (TPSA) is 24.9 Å². The molecule has 2 heterocycles. The van der Waals surface area contributed by atoms with Crippen LogP contribution in [0, 0.1) is 0 Å². The summed E-state index contributed by atoms with van der Waals surface area (Å²) in [5.74, 6) is 0. The van der Waals surface area contributed by atoms with Crippen LogP contribution in [0.25, 0.3) is 0 Å². The van der Waals surface area contributed by atoms with E-state index in [0.29, 0.717) is 5.69 Å². The molecule has 1 aromatic heterocycles. The molecule has 2 atom stereocenters. The van der Waals surface area contributed by atoms with E-state index in [0.717, 1.165) is 19.4 Å². The first-order valence-electron chi connectivity index (χ1n) is 4.66. The third-order valence-electron chi connectivity index (χ3n) is 2.42. The zero-order valence-electron chi connectivity index (χ0n) is 7.41. The van der Waals surface area contributed by atoms with Gasteiger partial charge in [-0.2, -0.15) is 0 Å². The highest BCUT2D eigenvalue weighted by atomic mass is 19.1. The summed E-state index contributed by atoms with van der Waals surface area (Å²) in [6, 6.07) is 5.34. The monoisotopic (exact) mass is 180 g/mol. The largest absolute Gasteiger partial charge is 0.311 e. The maximum atomic E-state index is 13.7. The van der Waals surface area contributed by atoms with Gasteiger partial charge in [-0.05, 0) is 31.5 Å². The van der Waals surface area contributed by atoms with Crippen molar-refractivity contribution in [2.45, 2.75) is 25.1 Å². The summed E-state index contributed by atoms with van der Waals surface area (Å²) in [6.07, 6.45) is 2.66. The van der Waals surface area contributed by atoms with Gasteiger partial charge in [0.05, 0.1) is 5.69 Å². The lowest BCUT2D eigenvalue weighted by molar-refractivity contribution is 0.265. The van der Waals surface area contributed by atoms with E-state index in [4.69, 9.17) is 0 Å². The first-order chi connectivity index (χ1) is 6.38. The van der Waals surface area contributed by atoms with Crippen molar-refractivity contribution in [1.29, 1.82) is 0 Å². The Kier molecular flexibility index (Phi) is 2.54. The predicted octanol–water partition coefficient (Wildman–Crippen LogP) is 1.84. The Labute approximate surface area is 77.2 Å². The minimum Gasteiger partial charge on any atom is -0.311 e. The quantitative estimate of drug-likeness (QED) is 0.751. The summed E-state index contributed by atoms with van der Waals surface area (Å²) < 4.78 is 13.7. The molecule has 1 aliphatic heterocycles. The maximum absolute atomic E-state index is 13.7. The first-order valence-corrected chi connectivity index (χ1v) is 4.66. The molecule has 0 radical (unpaired) electrons. The van der Waals surface area contributed by atoms with Crippen molar-refractivity contribution in [3.63, 3.8) is 0 Å². The molecule has 1 aromatic rings. The van der Waals surface area contributed by atoms with E-state index < -0.39 is 6.17 Å². The fourth-order valence-electron chi connectivity index (χ4n) is 1.71. The molecule has 0 aromatic carbocycles. The fraction of sp³-hybridized carbons (Fsp3) is 0.500. The van der Waals surface area contributed by atoms with E-state index in [1.54, 1.807) is 18.3 Å². The molecule has 0 spiro atoms. The van der Waals surface area contributed by atoms with Crippen molar-refractivity contribution >= 4 is 0 Å². The molecule has 1 fully saturated rings. The number of rotatable bonds is 2. The van der Waals surface area contributed by atoms with E-state index in [-0.39, 0.29) is 6.04 Å². The van der Waals surface area contributed by atoms with Crippen LogP contribution in [0.2, 0.25) is 0 Å². The van der Waals surface area contributed by atoms with Gasteiger partial charge in [-0.25, -0.2) is 4.39 Å². The Balaban J connectivity index is 2.08. The molecule has 1 aliphatic rings. The van der Waals surface area contributed by atoms with E-state index in [1.807, 2.05) is 6.07 Å². The van der Waals surface area contributed by atoms with Gasteiger partial charge in [0.25, 0.3) is 0 Å². The molecule has 2 nitrogen and oxygen atoms in total. The first kappa shape index (κ1) is 8.63. The fourth-order valence-corrected chi connectivity index (χ4v) is 1.71. The third kappa shape index (κ3) is 1.86. The van der Waals surface area contributed by atoms with Gasteiger partial charge >= 0.3 is 0 Å². The lowest BCUT2D eigenvalue weighted by Gasteiger charge is -2.14. The molecule has 1 unspecified atom stereocenters. The molecule has 3 heteroatoms. The highest BCUT2D eigenvalue weighted by Gasteiger charge is 2.26. The minimum absolute atomic E-state index is 0.0325. The van der Waals surface area contributed by atoms with Crippen molar-refractivity contribution in [1.82, 2.24) is 10.3 Å². The Morgan fingerprint density at radius 2 is 2.46 bits per heavy atom. The van der Waals surface area contributed by atoms with Crippen molar-refractivity contribution in [3.05, 3.63) is 30.1 Å². The van der Waals surface area contributed by atoms with Crippen LogP contribution in [-0.2, 0) is 0 Å². The Morgan fingerprint density at radius 3 is 3.08 bits per heavy atom. The van der Waals surface area contributed by atoms with Gasteiger partial charge in [-0.1, -0.05) is 6.07 Å². The number of pyridine rings is 1. The molecular formula is C10H13FN2. The molecule has 0 amide bonds. The van der Waals surface area contributed by atoms with Gasteiger partial charge in [0, 0.05) is 12.2 Å². The SMILES string of the molecule is FC(c1ccccn1)[C@@H]1CCCN1. The average molecular weight is 180 g/mol. The van der Waals surface area contributed by atoms with Gasteiger partial charge in [-0.3, -0.25) is 4.98 Å². The van der Waals surface area contributed by atoms with Crippen molar-refractivity contribution in [3.8, 4) is 0 Å². The highest BCUT2D eigenvalue weighted by molar-refractivity contribution is 5.09. The van der Waals surface area contributed by atoms with Crippen LogP contribution in [0.3, 0.4) is 0 Å². The van der Waals surface area contributed by atoms with E-state index >= 15 is 0 Å². The molecule has 1 N–H and O–H groups in total. The van der Waals surface area contributed by atoms with Gasteiger partial charge in [0.2, 0.25) is 0 Å². The number of alkyl halides is 1. The number of hydrogen-bond acceptors (Lipinski definition) is 2. The summed E-state index contributed by atoms with van der Waals surface area (Å²) in [4.78, 5) is 4.01. The van der Waals surface area contributed by atoms with Crippen molar-refractivity contribution in [2.24, 2.45) is 0 Å². The van der Waals surface area contributed by atoms with E-state index in [1.165, 1.54) is 0 Å². The maximum Gasteiger partial charge on any atom is 0.157 e. The van der Waals surface area contributed by atoms with Crippen LogP contribution >= 0.6 is 0 Å². The Morgan fingerprint density at radius 1 is 1.54 bits per heavy atom. The number of nitrogens with one attached hydrogen (secondary N) is 1. The summed E-state index contributed by atoms with van der Waals surface area (Å²) in [6.45, 7) is 0.928. The van der Waals surface area contributed by atoms with Crippen LogP contribution in [0.15, 0.2) is 24.4 Å². The molecule has 70 valence electrons. The summed E-state index contributed by atoms with van der Waals surface area (Å²) in [5, 5.41) is 3.14. The van der Waals surface area contributed by atoms with Crippen LogP contribution in [0.5, 0.6) is 0 Å².